The van der Waals surface area contributed by atoms with E-state index in [9.17, 15) is 18.0 Å². The molecule has 0 saturated heterocycles. The highest BCUT2D eigenvalue weighted by Crippen LogP contribution is 2.31. The summed E-state index contributed by atoms with van der Waals surface area (Å²) in [5, 5.41) is 2.67. The fraction of sp³-hybridized carbons (Fsp3) is 0.538. The van der Waals surface area contributed by atoms with Crippen molar-refractivity contribution in [2.24, 2.45) is 5.92 Å². The summed E-state index contributed by atoms with van der Waals surface area (Å²) >= 11 is 0. The van der Waals surface area contributed by atoms with Crippen LogP contribution < -0.4 is 10.1 Å². The van der Waals surface area contributed by atoms with Crippen LogP contribution in [0.4, 0.5) is 13.2 Å². The molecule has 0 bridgehead atoms. The van der Waals surface area contributed by atoms with E-state index in [0.29, 0.717) is 12.3 Å². The van der Waals surface area contributed by atoms with E-state index in [0.717, 1.165) is 25.1 Å². The van der Waals surface area contributed by atoms with Crippen molar-refractivity contribution in [1.82, 2.24) is 10.3 Å². The zero-order chi connectivity index (χ0) is 14.8. The van der Waals surface area contributed by atoms with E-state index in [4.69, 9.17) is 4.74 Å². The van der Waals surface area contributed by atoms with Crippen molar-refractivity contribution in [2.45, 2.75) is 38.1 Å². The molecule has 0 aromatic carbocycles. The van der Waals surface area contributed by atoms with Crippen molar-refractivity contribution in [1.29, 1.82) is 0 Å². The van der Waals surface area contributed by atoms with E-state index >= 15 is 0 Å². The van der Waals surface area contributed by atoms with Gasteiger partial charge in [0.15, 0.2) is 0 Å². The fourth-order valence-corrected chi connectivity index (χ4v) is 2.41. The molecular formula is C13H15F3N2O2. The lowest BCUT2D eigenvalue weighted by Gasteiger charge is -2.20. The first-order valence-electron chi connectivity index (χ1n) is 6.29. The maximum absolute atomic E-state index is 12.4. The second-order valence-electron chi connectivity index (χ2n) is 5.01. The highest BCUT2D eigenvalue weighted by Gasteiger charge is 2.34. The maximum atomic E-state index is 12.4. The molecule has 0 aliphatic heterocycles. The molecule has 7 heteroatoms. The molecule has 1 aromatic rings. The van der Waals surface area contributed by atoms with Gasteiger partial charge in [0.2, 0.25) is 12.3 Å². The predicted octanol–water partition coefficient (Wildman–Crippen LogP) is 2.39. The van der Waals surface area contributed by atoms with E-state index in [2.05, 4.69) is 10.3 Å². The molecule has 3 atom stereocenters. The van der Waals surface area contributed by atoms with Crippen LogP contribution >= 0.6 is 0 Å². The molecule has 1 fully saturated rings. The largest absolute Gasteiger partial charge is 0.472 e. The molecule has 3 unspecified atom stereocenters. The molecule has 1 heterocycles. The molecular weight excluding hydrogens is 273 g/mol. The molecule has 20 heavy (non-hydrogen) atoms. The first-order valence-corrected chi connectivity index (χ1v) is 6.29. The van der Waals surface area contributed by atoms with Gasteiger partial charge < -0.3 is 10.1 Å². The number of hydrogen-bond donors (Lipinski definition) is 1. The number of nitrogens with zero attached hydrogens (tertiary/aromatic N) is 1. The molecule has 1 saturated carbocycles. The van der Waals surface area contributed by atoms with Gasteiger partial charge in [0.1, 0.15) is 6.10 Å². The lowest BCUT2D eigenvalue weighted by Crippen LogP contribution is -2.38. The smallest absolute Gasteiger partial charge is 0.417 e. The lowest BCUT2D eigenvalue weighted by molar-refractivity contribution is -0.137. The molecule has 1 N–H and O–H groups in total. The van der Waals surface area contributed by atoms with Gasteiger partial charge in [-0.25, -0.2) is 4.98 Å². The summed E-state index contributed by atoms with van der Waals surface area (Å²) in [6.45, 7) is 2.03. The first-order chi connectivity index (χ1) is 9.40. The summed E-state index contributed by atoms with van der Waals surface area (Å²) < 4.78 is 42.8. The number of aromatic nitrogens is 1. The Morgan fingerprint density at radius 2 is 2.15 bits per heavy atom. The van der Waals surface area contributed by atoms with E-state index in [1.807, 2.05) is 6.92 Å². The molecule has 1 aliphatic carbocycles. The van der Waals surface area contributed by atoms with Crippen LogP contribution in [0.5, 0.6) is 5.88 Å². The van der Waals surface area contributed by atoms with Crippen molar-refractivity contribution in [3.8, 4) is 5.88 Å². The van der Waals surface area contributed by atoms with Crippen LogP contribution in [0.2, 0.25) is 0 Å². The number of carbonyl (C=O) groups excluding carboxylic acids is 1. The fourth-order valence-electron chi connectivity index (χ4n) is 2.41. The first kappa shape index (κ1) is 14.6. The molecule has 1 aliphatic rings. The summed E-state index contributed by atoms with van der Waals surface area (Å²) in [4.78, 5) is 14.2. The van der Waals surface area contributed by atoms with E-state index in [-0.39, 0.29) is 18.0 Å². The van der Waals surface area contributed by atoms with Gasteiger partial charge in [-0.05, 0) is 24.8 Å². The van der Waals surface area contributed by atoms with E-state index < -0.39 is 11.7 Å². The third kappa shape index (κ3) is 3.40. The monoisotopic (exact) mass is 288 g/mol. The van der Waals surface area contributed by atoms with Crippen LogP contribution in [0, 0.1) is 5.92 Å². The topological polar surface area (TPSA) is 51.2 Å². The average Bonchev–Trinajstić information content (AvgIpc) is 2.69. The number of ether oxygens (including phenoxy) is 1. The van der Waals surface area contributed by atoms with Gasteiger partial charge in [-0.2, -0.15) is 13.2 Å². The summed E-state index contributed by atoms with van der Waals surface area (Å²) in [6.07, 6.45) is -1.80. The molecule has 1 amide bonds. The second-order valence-corrected chi connectivity index (χ2v) is 5.01. The van der Waals surface area contributed by atoms with Crippen LogP contribution in [0.25, 0.3) is 0 Å². The number of rotatable bonds is 4. The van der Waals surface area contributed by atoms with Gasteiger partial charge in [-0.15, -0.1) is 0 Å². The van der Waals surface area contributed by atoms with Crippen LogP contribution in [-0.2, 0) is 11.0 Å². The minimum absolute atomic E-state index is 0.133. The number of alkyl halides is 3. The SMILES string of the molecule is CC1CC(NC=O)C(Oc2ccc(C(F)(F)F)cn2)C1. The van der Waals surface area contributed by atoms with E-state index in [1.165, 1.54) is 6.07 Å². The van der Waals surface area contributed by atoms with Crippen LogP contribution in [0.1, 0.15) is 25.3 Å². The Balaban J connectivity index is 2.04. The Kier molecular flexibility index (Phi) is 4.15. The van der Waals surface area contributed by atoms with Crippen molar-refractivity contribution in [3.05, 3.63) is 23.9 Å². The number of halogens is 3. The van der Waals surface area contributed by atoms with E-state index in [1.54, 1.807) is 0 Å². The van der Waals surface area contributed by atoms with Gasteiger partial charge >= 0.3 is 6.18 Å². The third-order valence-electron chi connectivity index (χ3n) is 3.36. The van der Waals surface area contributed by atoms with Crippen molar-refractivity contribution >= 4 is 6.41 Å². The highest BCUT2D eigenvalue weighted by molar-refractivity contribution is 5.47. The minimum Gasteiger partial charge on any atom is -0.472 e. The Bertz CT molecular complexity index is 462. The number of hydrogen-bond acceptors (Lipinski definition) is 3. The van der Waals surface area contributed by atoms with Crippen molar-refractivity contribution < 1.29 is 22.7 Å². The molecule has 2 rings (SSSR count). The molecule has 0 spiro atoms. The second kappa shape index (κ2) is 5.68. The van der Waals surface area contributed by atoms with Crippen LogP contribution in [0.15, 0.2) is 18.3 Å². The zero-order valence-electron chi connectivity index (χ0n) is 10.9. The Morgan fingerprint density at radius 3 is 2.70 bits per heavy atom. The highest BCUT2D eigenvalue weighted by atomic mass is 19.4. The summed E-state index contributed by atoms with van der Waals surface area (Å²) in [6, 6.07) is 2.00. The van der Waals surface area contributed by atoms with Gasteiger partial charge in [-0.1, -0.05) is 6.92 Å². The van der Waals surface area contributed by atoms with Crippen molar-refractivity contribution in [3.63, 3.8) is 0 Å². The van der Waals surface area contributed by atoms with Gasteiger partial charge in [0.05, 0.1) is 11.6 Å². The molecule has 4 nitrogen and oxygen atoms in total. The maximum Gasteiger partial charge on any atom is 0.417 e. The Labute approximate surface area is 114 Å². The Morgan fingerprint density at radius 1 is 1.40 bits per heavy atom. The van der Waals surface area contributed by atoms with Crippen LogP contribution in [-0.4, -0.2) is 23.5 Å². The summed E-state index contributed by atoms with van der Waals surface area (Å²) in [7, 11) is 0. The van der Waals surface area contributed by atoms with Gasteiger partial charge in [0.25, 0.3) is 0 Å². The standard InChI is InChI=1S/C13H15F3N2O2/c1-8-4-10(18-7-19)11(5-8)20-12-3-2-9(6-17-12)13(14,15)16/h2-3,6-8,10-11H,4-5H2,1H3,(H,18,19). The number of nitrogens with one attached hydrogen (secondary N) is 1. The normalized spacial score (nSPS) is 26.3. The summed E-state index contributed by atoms with van der Waals surface area (Å²) in [5.41, 5.74) is -0.813. The van der Waals surface area contributed by atoms with Gasteiger partial charge in [0, 0.05) is 12.3 Å². The molecule has 110 valence electrons. The Hall–Kier alpha value is -1.79. The molecule has 0 radical (unpaired) electrons. The minimum atomic E-state index is -4.41. The third-order valence-corrected chi connectivity index (χ3v) is 3.36. The average molecular weight is 288 g/mol. The molecule has 1 aromatic heterocycles. The predicted molar refractivity (Wildman–Crippen MR) is 65.0 cm³/mol. The lowest BCUT2D eigenvalue weighted by atomic mass is 10.1. The van der Waals surface area contributed by atoms with Crippen molar-refractivity contribution in [2.75, 3.05) is 0 Å². The number of carbonyl (C=O) groups is 1. The van der Waals surface area contributed by atoms with Crippen LogP contribution in [0.3, 0.4) is 0 Å². The quantitative estimate of drug-likeness (QED) is 0.866. The zero-order valence-corrected chi connectivity index (χ0v) is 10.9. The number of pyridine rings is 1. The summed E-state index contributed by atoms with van der Waals surface area (Å²) in [5.74, 6) is 0.515. The van der Waals surface area contributed by atoms with Gasteiger partial charge in [-0.3, -0.25) is 4.79 Å². The number of amides is 1.